The molecule has 1 aromatic carbocycles. The van der Waals surface area contributed by atoms with Crippen molar-refractivity contribution in [3.05, 3.63) is 39.4 Å². The standard InChI is InChI=1S/C10H5NO5/c12-6-7-1-2-8(3-4-10(13)14)9(5-7)11(15)16/h1-2,5-6H,(H,13,14). The molecule has 0 heterocycles. The predicted molar refractivity (Wildman–Crippen MR) is 53.0 cm³/mol. The van der Waals surface area contributed by atoms with E-state index in [-0.39, 0.29) is 11.1 Å². The Morgan fingerprint density at radius 1 is 1.50 bits per heavy atom. The van der Waals surface area contributed by atoms with Crippen LogP contribution in [0, 0.1) is 22.0 Å². The molecule has 0 radical (unpaired) electrons. The van der Waals surface area contributed by atoms with Gasteiger partial charge in [-0.2, -0.15) is 0 Å². The van der Waals surface area contributed by atoms with Crippen molar-refractivity contribution in [2.75, 3.05) is 0 Å². The van der Waals surface area contributed by atoms with E-state index in [4.69, 9.17) is 5.11 Å². The minimum absolute atomic E-state index is 0.0435. The van der Waals surface area contributed by atoms with Gasteiger partial charge < -0.3 is 5.11 Å². The van der Waals surface area contributed by atoms with Crippen molar-refractivity contribution in [3.63, 3.8) is 0 Å². The van der Waals surface area contributed by atoms with Gasteiger partial charge in [-0.25, -0.2) is 4.79 Å². The van der Waals surface area contributed by atoms with Crippen LogP contribution in [0.15, 0.2) is 18.2 Å². The summed E-state index contributed by atoms with van der Waals surface area (Å²) in [6, 6.07) is 3.60. The fourth-order valence-electron chi connectivity index (χ4n) is 1.000. The van der Waals surface area contributed by atoms with Crippen LogP contribution >= 0.6 is 0 Å². The van der Waals surface area contributed by atoms with E-state index in [9.17, 15) is 19.7 Å². The summed E-state index contributed by atoms with van der Waals surface area (Å²) in [6.07, 6.45) is 0.460. The number of carboxylic acid groups (broad SMARTS) is 1. The largest absolute Gasteiger partial charge is 0.472 e. The van der Waals surface area contributed by atoms with E-state index in [0.29, 0.717) is 6.29 Å². The first-order chi connectivity index (χ1) is 7.54. The van der Waals surface area contributed by atoms with Gasteiger partial charge in [0.05, 0.1) is 4.92 Å². The summed E-state index contributed by atoms with van der Waals surface area (Å²) in [7, 11) is 0. The lowest BCUT2D eigenvalue weighted by Gasteiger charge is -1.95. The fraction of sp³-hybridized carbons (Fsp3) is 0. The molecule has 16 heavy (non-hydrogen) atoms. The first kappa shape index (κ1) is 11.4. The first-order valence-corrected chi connectivity index (χ1v) is 4.03. The molecule has 0 saturated carbocycles. The van der Waals surface area contributed by atoms with Crippen LogP contribution in [0.2, 0.25) is 0 Å². The third-order valence-corrected chi connectivity index (χ3v) is 1.66. The fourth-order valence-corrected chi connectivity index (χ4v) is 1.000. The number of benzene rings is 1. The molecule has 1 N–H and O–H groups in total. The molecule has 0 aromatic heterocycles. The molecule has 6 nitrogen and oxygen atoms in total. The van der Waals surface area contributed by atoms with Gasteiger partial charge in [-0.1, -0.05) is 0 Å². The lowest BCUT2D eigenvalue weighted by molar-refractivity contribution is -0.385. The van der Waals surface area contributed by atoms with Gasteiger partial charge in [0.1, 0.15) is 11.8 Å². The van der Waals surface area contributed by atoms with Gasteiger partial charge in [0.2, 0.25) is 0 Å². The molecule has 0 fully saturated rings. The van der Waals surface area contributed by atoms with Crippen LogP contribution in [0.3, 0.4) is 0 Å². The maximum absolute atomic E-state index is 10.6. The molecular formula is C10H5NO5. The van der Waals surface area contributed by atoms with E-state index < -0.39 is 16.6 Å². The molecule has 0 saturated heterocycles. The van der Waals surface area contributed by atoms with E-state index in [1.54, 1.807) is 5.92 Å². The van der Waals surface area contributed by atoms with Crippen LogP contribution in [0.4, 0.5) is 5.69 Å². The van der Waals surface area contributed by atoms with Crippen molar-refractivity contribution in [2.24, 2.45) is 0 Å². The number of aldehydes is 1. The highest BCUT2D eigenvalue weighted by molar-refractivity contribution is 5.87. The van der Waals surface area contributed by atoms with Crippen LogP contribution in [-0.4, -0.2) is 22.3 Å². The quantitative estimate of drug-likeness (QED) is 0.344. The Morgan fingerprint density at radius 3 is 2.69 bits per heavy atom. The highest BCUT2D eigenvalue weighted by Gasteiger charge is 2.12. The molecule has 0 aliphatic rings. The van der Waals surface area contributed by atoms with E-state index >= 15 is 0 Å². The maximum atomic E-state index is 10.6. The second kappa shape index (κ2) is 4.70. The number of rotatable bonds is 2. The van der Waals surface area contributed by atoms with E-state index in [1.165, 1.54) is 12.1 Å². The van der Waals surface area contributed by atoms with Crippen LogP contribution in [0.5, 0.6) is 0 Å². The third kappa shape index (κ3) is 2.65. The molecule has 0 aliphatic carbocycles. The Balaban J connectivity index is 3.30. The van der Waals surface area contributed by atoms with Crippen LogP contribution in [0.25, 0.3) is 0 Å². The molecule has 6 heteroatoms. The molecule has 0 amide bonds. The molecule has 0 atom stereocenters. The number of carbonyl (C=O) groups excluding carboxylic acids is 1. The predicted octanol–water partition coefficient (Wildman–Crippen LogP) is 0.843. The molecule has 0 aliphatic heterocycles. The smallest absolute Gasteiger partial charge is 0.382 e. The summed E-state index contributed by atoms with van der Waals surface area (Å²) in [6.45, 7) is 0. The van der Waals surface area contributed by atoms with Crippen molar-refractivity contribution in [1.82, 2.24) is 0 Å². The van der Waals surface area contributed by atoms with Gasteiger partial charge in [-0.05, 0) is 18.1 Å². The zero-order chi connectivity index (χ0) is 12.1. The topological polar surface area (TPSA) is 97.5 Å². The second-order valence-corrected chi connectivity index (χ2v) is 2.71. The van der Waals surface area contributed by atoms with E-state index in [0.717, 1.165) is 6.07 Å². The maximum Gasteiger partial charge on any atom is 0.382 e. The minimum Gasteiger partial charge on any atom is -0.472 e. The van der Waals surface area contributed by atoms with Gasteiger partial charge >= 0.3 is 5.97 Å². The number of hydrogen-bond donors (Lipinski definition) is 1. The lowest BCUT2D eigenvalue weighted by Crippen LogP contribution is -1.95. The van der Waals surface area contributed by atoms with Crippen molar-refractivity contribution < 1.29 is 19.6 Å². The third-order valence-electron chi connectivity index (χ3n) is 1.66. The van der Waals surface area contributed by atoms with Crippen molar-refractivity contribution in [3.8, 4) is 11.8 Å². The molecular weight excluding hydrogens is 214 g/mol. The molecule has 80 valence electrons. The number of nitro groups is 1. The summed E-state index contributed by atoms with van der Waals surface area (Å²) in [5.74, 6) is 2.53. The van der Waals surface area contributed by atoms with Crippen LogP contribution in [0.1, 0.15) is 15.9 Å². The van der Waals surface area contributed by atoms with Crippen molar-refractivity contribution >= 4 is 17.9 Å². The first-order valence-electron chi connectivity index (χ1n) is 4.03. The number of carboxylic acids is 1. The monoisotopic (exact) mass is 219 g/mol. The summed E-state index contributed by atoms with van der Waals surface area (Å²) in [5.41, 5.74) is -0.302. The molecule has 0 unspecified atom stereocenters. The van der Waals surface area contributed by atoms with Crippen molar-refractivity contribution in [2.45, 2.75) is 0 Å². The van der Waals surface area contributed by atoms with Crippen LogP contribution < -0.4 is 0 Å². The molecule has 0 spiro atoms. The molecule has 0 bridgehead atoms. The van der Waals surface area contributed by atoms with Gasteiger partial charge in [0.25, 0.3) is 5.69 Å². The number of nitro benzene ring substituents is 1. The average Bonchev–Trinajstić information content (AvgIpc) is 2.25. The van der Waals surface area contributed by atoms with Gasteiger partial charge in [-0.3, -0.25) is 14.9 Å². The SMILES string of the molecule is O=Cc1ccc(C#CC(=O)O)c([N+](=O)[O-])c1. The summed E-state index contributed by atoms with van der Waals surface area (Å²) < 4.78 is 0. The summed E-state index contributed by atoms with van der Waals surface area (Å²) >= 11 is 0. The lowest BCUT2D eigenvalue weighted by atomic mass is 10.1. The summed E-state index contributed by atoms with van der Waals surface area (Å²) in [5, 5.41) is 18.9. The number of nitrogens with zero attached hydrogens (tertiary/aromatic N) is 1. The second-order valence-electron chi connectivity index (χ2n) is 2.71. The van der Waals surface area contributed by atoms with Crippen LogP contribution in [-0.2, 0) is 4.79 Å². The van der Waals surface area contributed by atoms with Gasteiger partial charge in [0, 0.05) is 17.6 Å². The zero-order valence-electron chi connectivity index (χ0n) is 7.84. The Bertz CT molecular complexity index is 524. The Labute approximate surface area is 89.7 Å². The minimum atomic E-state index is -1.38. The van der Waals surface area contributed by atoms with E-state index in [2.05, 4.69) is 5.92 Å². The molecule has 1 aromatic rings. The molecule has 1 rings (SSSR count). The number of carbonyl (C=O) groups is 2. The zero-order valence-corrected chi connectivity index (χ0v) is 7.84. The number of hydrogen-bond acceptors (Lipinski definition) is 4. The Hall–Kier alpha value is -2.68. The Kier molecular flexibility index (Phi) is 3.35. The highest BCUT2D eigenvalue weighted by Crippen LogP contribution is 2.18. The summed E-state index contributed by atoms with van der Waals surface area (Å²) in [4.78, 5) is 30.5. The Morgan fingerprint density at radius 2 is 2.19 bits per heavy atom. The van der Waals surface area contributed by atoms with Gasteiger partial charge in [-0.15, -0.1) is 0 Å². The van der Waals surface area contributed by atoms with Crippen molar-refractivity contribution in [1.29, 1.82) is 0 Å². The van der Waals surface area contributed by atoms with Gasteiger partial charge in [0.15, 0.2) is 0 Å². The van der Waals surface area contributed by atoms with E-state index in [1.807, 2.05) is 0 Å². The highest BCUT2D eigenvalue weighted by atomic mass is 16.6. The normalized spacial score (nSPS) is 8.75. The average molecular weight is 219 g/mol. The number of aliphatic carboxylic acids is 1.